The van der Waals surface area contributed by atoms with Gasteiger partial charge in [0.1, 0.15) is 17.2 Å². The van der Waals surface area contributed by atoms with Crippen LogP contribution in [0.15, 0.2) is 89.3 Å². The first-order valence-corrected chi connectivity index (χ1v) is 13.7. The van der Waals surface area contributed by atoms with Crippen molar-refractivity contribution in [2.75, 3.05) is 15.7 Å². The van der Waals surface area contributed by atoms with E-state index in [2.05, 4.69) is 0 Å². The minimum atomic E-state index is -2.83. The van der Waals surface area contributed by atoms with Gasteiger partial charge in [-0.15, -0.1) is 0 Å². The Bertz CT molecular complexity index is 1690. The molecule has 0 bridgehead atoms. The molecule has 0 saturated heterocycles. The smallest absolute Gasteiger partial charge is 0.327 e. The summed E-state index contributed by atoms with van der Waals surface area (Å²) >= 11 is -2.83. The van der Waals surface area contributed by atoms with Crippen LogP contribution in [0.1, 0.15) is 26.2 Å². The Labute approximate surface area is 227 Å². The fraction of sp³-hybridized carbons (Fsp3) is 0.200. The Morgan fingerprint density at radius 1 is 0.897 bits per heavy atom. The standard InChI is InChI=1S/C30H28N2O6S/c1-20(33)31(26-14-8-10-21-9-2-3-11-23(21)26)18-7-6-13-27(30(34)35)32(39(36)37)22-16-17-29-25(19-22)24-12-4-5-15-28(24)38-29/h2-5,8-12,14-17,19,27H,6-7,13,18H2,1H3,(H,34,35)(H,36,37)/p-1. The Morgan fingerprint density at radius 2 is 1.59 bits per heavy atom. The van der Waals surface area contributed by atoms with E-state index in [0.717, 1.165) is 26.2 Å². The molecule has 2 unspecified atom stereocenters. The summed E-state index contributed by atoms with van der Waals surface area (Å²) in [5, 5.41) is 13.5. The van der Waals surface area contributed by atoms with Crippen LogP contribution in [-0.4, -0.2) is 38.3 Å². The second-order valence-electron chi connectivity index (χ2n) is 9.34. The van der Waals surface area contributed by atoms with Crippen molar-refractivity contribution in [2.45, 2.75) is 32.2 Å². The van der Waals surface area contributed by atoms with Crippen LogP contribution >= 0.6 is 0 Å². The minimum absolute atomic E-state index is 0.0781. The van der Waals surface area contributed by atoms with E-state index in [9.17, 15) is 23.5 Å². The minimum Gasteiger partial charge on any atom is -0.755 e. The van der Waals surface area contributed by atoms with Gasteiger partial charge < -0.3 is 19.0 Å². The van der Waals surface area contributed by atoms with Crippen LogP contribution in [-0.2, 0) is 20.9 Å². The fourth-order valence-corrected chi connectivity index (χ4v) is 5.75. The van der Waals surface area contributed by atoms with Gasteiger partial charge in [-0.1, -0.05) is 54.6 Å². The number of para-hydroxylation sites is 1. The van der Waals surface area contributed by atoms with E-state index in [1.165, 1.54) is 6.92 Å². The van der Waals surface area contributed by atoms with Crippen molar-refractivity contribution in [3.8, 4) is 0 Å². The molecule has 0 fully saturated rings. The van der Waals surface area contributed by atoms with E-state index in [4.69, 9.17) is 4.42 Å². The molecule has 39 heavy (non-hydrogen) atoms. The molecule has 1 amide bonds. The van der Waals surface area contributed by atoms with Crippen LogP contribution in [0.25, 0.3) is 32.7 Å². The monoisotopic (exact) mass is 543 g/mol. The van der Waals surface area contributed by atoms with Gasteiger partial charge in [0.2, 0.25) is 5.91 Å². The summed E-state index contributed by atoms with van der Waals surface area (Å²) in [5.74, 6) is -1.36. The lowest BCUT2D eigenvalue weighted by Crippen LogP contribution is -2.42. The zero-order valence-electron chi connectivity index (χ0n) is 21.3. The topological polar surface area (TPSA) is 114 Å². The first kappa shape index (κ1) is 26.4. The Balaban J connectivity index is 1.34. The van der Waals surface area contributed by atoms with E-state index in [-0.39, 0.29) is 18.0 Å². The highest BCUT2D eigenvalue weighted by atomic mass is 32.2. The second kappa shape index (κ2) is 11.3. The maximum absolute atomic E-state index is 12.5. The average molecular weight is 544 g/mol. The lowest BCUT2D eigenvalue weighted by molar-refractivity contribution is -0.138. The number of benzene rings is 4. The van der Waals surface area contributed by atoms with E-state index >= 15 is 0 Å². The van der Waals surface area contributed by atoms with Crippen LogP contribution in [0.2, 0.25) is 0 Å². The number of aliphatic carboxylic acids is 1. The normalized spacial score (nSPS) is 13.0. The van der Waals surface area contributed by atoms with E-state index in [0.29, 0.717) is 35.9 Å². The number of unbranched alkanes of at least 4 members (excludes halogenated alkanes) is 1. The highest BCUT2D eigenvalue weighted by Gasteiger charge is 2.27. The van der Waals surface area contributed by atoms with Crippen molar-refractivity contribution in [1.82, 2.24) is 0 Å². The molecule has 0 aliphatic rings. The predicted molar refractivity (Wildman–Crippen MR) is 152 cm³/mol. The molecule has 0 aliphatic heterocycles. The van der Waals surface area contributed by atoms with E-state index in [1.54, 1.807) is 23.1 Å². The molecule has 1 N–H and O–H groups in total. The Morgan fingerprint density at radius 3 is 2.33 bits per heavy atom. The highest BCUT2D eigenvalue weighted by molar-refractivity contribution is 7.80. The number of anilines is 2. The van der Waals surface area contributed by atoms with Crippen molar-refractivity contribution in [3.63, 3.8) is 0 Å². The third-order valence-electron chi connectivity index (χ3n) is 6.89. The number of rotatable bonds is 10. The van der Waals surface area contributed by atoms with Crippen LogP contribution in [0, 0.1) is 0 Å². The largest absolute Gasteiger partial charge is 0.755 e. The molecule has 200 valence electrons. The van der Waals surface area contributed by atoms with Crippen molar-refractivity contribution < 1.29 is 27.9 Å². The SMILES string of the molecule is CC(=O)N(CCCCC(C(=O)O)N(c1ccc2oc3ccccc3c2c1)S(=O)[O-])c1cccc2ccccc12. The number of nitrogens with zero attached hydrogens (tertiary/aromatic N) is 2. The maximum atomic E-state index is 12.5. The summed E-state index contributed by atoms with van der Waals surface area (Å²) in [6.45, 7) is 1.88. The lowest BCUT2D eigenvalue weighted by Gasteiger charge is -2.32. The van der Waals surface area contributed by atoms with Gasteiger partial charge in [0, 0.05) is 40.9 Å². The molecule has 0 aliphatic carbocycles. The molecule has 2 atom stereocenters. The summed E-state index contributed by atoms with van der Waals surface area (Å²) in [6, 6.07) is 24.5. The van der Waals surface area contributed by atoms with E-state index < -0.39 is 23.3 Å². The van der Waals surface area contributed by atoms with Gasteiger partial charge >= 0.3 is 5.97 Å². The first-order valence-electron chi connectivity index (χ1n) is 12.6. The summed E-state index contributed by atoms with van der Waals surface area (Å²) in [7, 11) is 0. The summed E-state index contributed by atoms with van der Waals surface area (Å²) < 4.78 is 31.3. The number of hydrogen-bond acceptors (Lipinski definition) is 5. The zero-order chi connectivity index (χ0) is 27.5. The number of carboxylic acids is 1. The van der Waals surface area contributed by atoms with Crippen LogP contribution < -0.4 is 9.21 Å². The molecular weight excluding hydrogens is 516 g/mol. The van der Waals surface area contributed by atoms with Crippen molar-refractivity contribution in [3.05, 3.63) is 84.9 Å². The molecule has 8 nitrogen and oxygen atoms in total. The number of carbonyl (C=O) groups is 2. The highest BCUT2D eigenvalue weighted by Crippen LogP contribution is 2.33. The molecule has 9 heteroatoms. The third-order valence-corrected chi connectivity index (χ3v) is 7.68. The quantitative estimate of drug-likeness (QED) is 0.170. The summed E-state index contributed by atoms with van der Waals surface area (Å²) in [6.07, 6.45) is 0.974. The zero-order valence-corrected chi connectivity index (χ0v) is 22.1. The van der Waals surface area contributed by atoms with E-state index in [1.807, 2.05) is 66.7 Å². The summed E-state index contributed by atoms with van der Waals surface area (Å²) in [5.41, 5.74) is 2.28. The molecule has 0 saturated carbocycles. The van der Waals surface area contributed by atoms with Gasteiger partial charge in [0.15, 0.2) is 0 Å². The molecule has 4 aromatic carbocycles. The van der Waals surface area contributed by atoms with Crippen molar-refractivity contribution in [2.24, 2.45) is 0 Å². The number of carbonyl (C=O) groups excluding carboxylic acids is 1. The van der Waals surface area contributed by atoms with Gasteiger partial charge in [0.05, 0.1) is 11.4 Å². The summed E-state index contributed by atoms with van der Waals surface area (Å²) in [4.78, 5) is 26.5. The molecule has 1 heterocycles. The van der Waals surface area contributed by atoms with Crippen LogP contribution in [0.5, 0.6) is 0 Å². The molecule has 1 aromatic heterocycles. The lowest BCUT2D eigenvalue weighted by atomic mass is 10.1. The molecule has 5 aromatic rings. The van der Waals surface area contributed by atoms with Crippen LogP contribution in [0.3, 0.4) is 0 Å². The number of carboxylic acid groups (broad SMARTS) is 1. The number of furan rings is 1. The third kappa shape index (κ3) is 5.36. The number of fused-ring (bicyclic) bond motifs is 4. The Hall–Kier alpha value is -4.21. The molecule has 0 spiro atoms. The van der Waals surface area contributed by atoms with Gasteiger partial charge in [-0.3, -0.25) is 13.3 Å². The van der Waals surface area contributed by atoms with Crippen molar-refractivity contribution >= 4 is 67.2 Å². The predicted octanol–water partition coefficient (Wildman–Crippen LogP) is 6.02. The fourth-order valence-electron chi connectivity index (χ4n) is 5.06. The second-order valence-corrected chi connectivity index (χ2v) is 10.2. The Kier molecular flexibility index (Phi) is 7.63. The number of amides is 1. The average Bonchev–Trinajstić information content (AvgIpc) is 3.29. The molecular formula is C30H27N2O6S-. The first-order chi connectivity index (χ1) is 18.8. The number of hydrogen-bond donors (Lipinski definition) is 1. The van der Waals surface area contributed by atoms with Crippen molar-refractivity contribution in [1.29, 1.82) is 0 Å². The van der Waals surface area contributed by atoms with Gasteiger partial charge in [0.25, 0.3) is 0 Å². The van der Waals surface area contributed by atoms with Gasteiger partial charge in [-0.25, -0.2) is 4.79 Å². The van der Waals surface area contributed by atoms with Gasteiger partial charge in [-0.05, 0) is 55.0 Å². The van der Waals surface area contributed by atoms with Crippen LogP contribution in [0.4, 0.5) is 11.4 Å². The molecule has 0 radical (unpaired) electrons. The van der Waals surface area contributed by atoms with Gasteiger partial charge in [-0.2, -0.15) is 0 Å². The maximum Gasteiger partial charge on any atom is 0.327 e. The molecule has 5 rings (SSSR count).